The number of allylic oxidation sites excluding steroid dienone is 2. The maximum Gasteiger partial charge on any atom is 0.0431 e. The number of rotatable bonds is 8. The molecule has 1 spiro atoms. The van der Waals surface area contributed by atoms with E-state index in [0.717, 1.165) is 37.9 Å². The van der Waals surface area contributed by atoms with Crippen molar-refractivity contribution in [1.82, 2.24) is 10.2 Å². The molecule has 3 heteroatoms. The van der Waals surface area contributed by atoms with Crippen molar-refractivity contribution in [3.8, 4) is 0 Å². The van der Waals surface area contributed by atoms with Crippen LogP contribution in [-0.2, 0) is 0 Å². The van der Waals surface area contributed by atoms with Gasteiger partial charge in [0.2, 0.25) is 0 Å². The average Bonchev–Trinajstić information content (AvgIpc) is 3.23. The Kier molecular flexibility index (Phi) is 4.81. The third kappa shape index (κ3) is 2.57. The molecule has 4 aliphatic rings. The van der Waals surface area contributed by atoms with Crippen molar-refractivity contribution in [3.05, 3.63) is 11.1 Å². The summed E-state index contributed by atoms with van der Waals surface area (Å²) in [6, 6.07) is 0.750. The van der Waals surface area contributed by atoms with Gasteiger partial charge in [0.15, 0.2) is 0 Å². The van der Waals surface area contributed by atoms with Crippen LogP contribution in [0, 0.1) is 22.2 Å². The number of aliphatic hydroxyl groups is 1. The number of hydrogen-bond donors (Lipinski definition) is 2. The molecule has 1 saturated heterocycles. The van der Waals surface area contributed by atoms with E-state index in [1.807, 2.05) is 5.57 Å². The van der Waals surface area contributed by atoms with E-state index in [1.165, 1.54) is 45.2 Å². The molecule has 1 aliphatic heterocycles. The predicted octanol–water partition coefficient (Wildman–Crippen LogP) is 3.98. The lowest BCUT2D eigenvalue weighted by Gasteiger charge is -2.57. The molecule has 26 heavy (non-hydrogen) atoms. The van der Waals surface area contributed by atoms with E-state index in [-0.39, 0.29) is 0 Å². The summed E-state index contributed by atoms with van der Waals surface area (Å²) >= 11 is 0. The van der Waals surface area contributed by atoms with E-state index in [0.29, 0.717) is 22.9 Å². The zero-order valence-corrected chi connectivity index (χ0v) is 17.5. The molecule has 4 rings (SSSR count). The summed E-state index contributed by atoms with van der Waals surface area (Å²) in [5.74, 6) is 0.860. The van der Waals surface area contributed by atoms with Crippen molar-refractivity contribution in [2.24, 2.45) is 22.2 Å². The monoisotopic (exact) mass is 360 g/mol. The van der Waals surface area contributed by atoms with Crippen molar-refractivity contribution >= 4 is 0 Å². The lowest BCUT2D eigenvalue weighted by molar-refractivity contribution is -0.0777. The number of aliphatic hydroxyl groups excluding tert-OH is 1. The molecule has 1 heterocycles. The molecule has 5 atom stereocenters. The van der Waals surface area contributed by atoms with Gasteiger partial charge in [0.05, 0.1) is 0 Å². The number of unbranched alkanes of at least 4 members (excludes halogenated alkanes) is 1. The fourth-order valence-electron chi connectivity index (χ4n) is 7.36. The first-order valence-corrected chi connectivity index (χ1v) is 11.1. The van der Waals surface area contributed by atoms with Crippen molar-refractivity contribution in [2.45, 2.75) is 78.7 Å². The van der Waals surface area contributed by atoms with E-state index >= 15 is 0 Å². The van der Waals surface area contributed by atoms with Crippen molar-refractivity contribution in [3.63, 3.8) is 0 Å². The van der Waals surface area contributed by atoms with Crippen LogP contribution in [0.1, 0.15) is 72.6 Å². The van der Waals surface area contributed by atoms with Gasteiger partial charge in [-0.1, -0.05) is 31.9 Å². The average molecular weight is 361 g/mol. The van der Waals surface area contributed by atoms with Crippen molar-refractivity contribution < 1.29 is 5.11 Å². The number of nitrogens with one attached hydrogen (secondary N) is 1. The van der Waals surface area contributed by atoms with Gasteiger partial charge >= 0.3 is 0 Å². The van der Waals surface area contributed by atoms with E-state index in [9.17, 15) is 0 Å². The lowest BCUT2D eigenvalue weighted by Crippen LogP contribution is -2.53. The molecular formula is C23H40N2O. The lowest BCUT2D eigenvalue weighted by atomic mass is 9.48. The highest BCUT2D eigenvalue weighted by Crippen LogP contribution is 2.77. The quantitative estimate of drug-likeness (QED) is 0.390. The van der Waals surface area contributed by atoms with Crippen LogP contribution in [0.25, 0.3) is 0 Å². The van der Waals surface area contributed by atoms with Crippen molar-refractivity contribution in [2.75, 3.05) is 32.8 Å². The van der Waals surface area contributed by atoms with Gasteiger partial charge in [0.1, 0.15) is 0 Å². The Morgan fingerprint density at radius 3 is 2.81 bits per heavy atom. The minimum absolute atomic E-state index is 0.324. The Hall–Kier alpha value is -0.380. The van der Waals surface area contributed by atoms with Crippen LogP contribution in [0.5, 0.6) is 0 Å². The predicted molar refractivity (Wildman–Crippen MR) is 108 cm³/mol. The van der Waals surface area contributed by atoms with Gasteiger partial charge in [0.25, 0.3) is 0 Å². The maximum absolute atomic E-state index is 8.89. The summed E-state index contributed by atoms with van der Waals surface area (Å²) < 4.78 is 0. The highest BCUT2D eigenvalue weighted by Gasteiger charge is 2.70. The smallest absolute Gasteiger partial charge is 0.0431 e. The fourth-order valence-corrected chi connectivity index (χ4v) is 7.36. The van der Waals surface area contributed by atoms with Gasteiger partial charge in [-0.2, -0.15) is 0 Å². The first-order valence-electron chi connectivity index (χ1n) is 11.1. The zero-order chi connectivity index (χ0) is 18.6. The number of nitrogens with zero attached hydrogens (tertiary/aromatic N) is 1. The Morgan fingerprint density at radius 2 is 2.04 bits per heavy atom. The van der Waals surface area contributed by atoms with Crippen LogP contribution >= 0.6 is 0 Å². The topological polar surface area (TPSA) is 35.3 Å². The normalized spacial score (nSPS) is 43.0. The number of fused-ring (bicyclic) bond motifs is 1. The van der Waals surface area contributed by atoms with E-state index in [4.69, 9.17) is 5.11 Å². The molecule has 2 bridgehead atoms. The summed E-state index contributed by atoms with van der Waals surface area (Å²) in [4.78, 5) is 2.75. The SMILES string of the molecule is CC1=C2CC3(CN4CC4CNCCCCO)CCC(C)C2(CC1)C3(C)C. The second-order valence-corrected chi connectivity index (χ2v) is 10.5. The summed E-state index contributed by atoms with van der Waals surface area (Å²) in [6.45, 7) is 15.3. The fraction of sp³-hybridized carbons (Fsp3) is 0.913. The third-order valence-electron chi connectivity index (χ3n) is 9.28. The molecule has 5 unspecified atom stereocenters. The second kappa shape index (κ2) is 6.60. The van der Waals surface area contributed by atoms with Crippen LogP contribution in [-0.4, -0.2) is 48.8 Å². The maximum atomic E-state index is 8.89. The Morgan fingerprint density at radius 1 is 1.23 bits per heavy atom. The molecule has 0 aromatic heterocycles. The van der Waals surface area contributed by atoms with Crippen molar-refractivity contribution in [1.29, 1.82) is 0 Å². The molecule has 3 aliphatic carbocycles. The minimum Gasteiger partial charge on any atom is -0.396 e. The largest absolute Gasteiger partial charge is 0.396 e. The van der Waals surface area contributed by atoms with Gasteiger partial charge in [-0.25, -0.2) is 0 Å². The van der Waals surface area contributed by atoms with Crippen LogP contribution in [0.4, 0.5) is 0 Å². The first-order chi connectivity index (χ1) is 12.4. The molecule has 0 radical (unpaired) electrons. The second-order valence-electron chi connectivity index (χ2n) is 10.5. The molecule has 2 saturated carbocycles. The molecule has 2 N–H and O–H groups in total. The first kappa shape index (κ1) is 19.0. The Bertz CT molecular complexity index is 583. The standard InChI is InChI=1S/C23H40N2O/c1-17-7-10-23-18(2)8-9-22(13-20(17)23,21(23,3)4)16-25-15-19(25)14-24-11-5-6-12-26/h18-19,24,26H,5-16H2,1-4H3. The number of hydrogen-bond acceptors (Lipinski definition) is 3. The third-order valence-corrected chi connectivity index (χ3v) is 9.28. The summed E-state index contributed by atoms with van der Waals surface area (Å²) in [6.07, 6.45) is 9.01. The molecule has 0 aromatic rings. The van der Waals surface area contributed by atoms with Gasteiger partial charge in [-0.15, -0.1) is 0 Å². The molecule has 3 nitrogen and oxygen atoms in total. The zero-order valence-electron chi connectivity index (χ0n) is 17.5. The summed E-state index contributed by atoms with van der Waals surface area (Å²) in [5.41, 5.74) is 5.06. The molecule has 148 valence electrons. The molecule has 3 fully saturated rings. The highest BCUT2D eigenvalue weighted by atomic mass is 16.2. The summed E-state index contributed by atoms with van der Waals surface area (Å²) in [5, 5.41) is 12.5. The minimum atomic E-state index is 0.324. The van der Waals surface area contributed by atoms with E-state index < -0.39 is 0 Å². The Labute approximate surface area is 160 Å². The van der Waals surface area contributed by atoms with Gasteiger partial charge < -0.3 is 10.4 Å². The van der Waals surface area contributed by atoms with E-state index in [2.05, 4.69) is 37.9 Å². The molecule has 0 amide bonds. The van der Waals surface area contributed by atoms with Crippen LogP contribution in [0.2, 0.25) is 0 Å². The highest BCUT2D eigenvalue weighted by molar-refractivity contribution is 5.40. The Balaban J connectivity index is 1.42. The molecular weight excluding hydrogens is 320 g/mol. The van der Waals surface area contributed by atoms with Gasteiger partial charge in [-0.3, -0.25) is 4.90 Å². The van der Waals surface area contributed by atoms with Gasteiger partial charge in [-0.05, 0) is 75.2 Å². The van der Waals surface area contributed by atoms with E-state index in [1.54, 1.807) is 5.57 Å². The van der Waals surface area contributed by atoms with Crippen LogP contribution in [0.3, 0.4) is 0 Å². The summed E-state index contributed by atoms with van der Waals surface area (Å²) in [7, 11) is 0. The van der Waals surface area contributed by atoms with Crippen LogP contribution < -0.4 is 5.32 Å². The molecule has 0 aromatic carbocycles. The van der Waals surface area contributed by atoms with Crippen LogP contribution in [0.15, 0.2) is 11.1 Å². The van der Waals surface area contributed by atoms with Gasteiger partial charge in [0, 0.05) is 37.7 Å².